The van der Waals surface area contributed by atoms with Crippen molar-refractivity contribution in [3.05, 3.63) is 35.9 Å². The number of hydrogen-bond acceptors (Lipinski definition) is 2. The fourth-order valence-electron chi connectivity index (χ4n) is 3.56. The van der Waals surface area contributed by atoms with Crippen molar-refractivity contribution in [1.82, 2.24) is 5.32 Å². The Morgan fingerprint density at radius 2 is 1.90 bits per heavy atom. The molecule has 0 aliphatic heterocycles. The van der Waals surface area contributed by atoms with Crippen molar-refractivity contribution in [2.75, 3.05) is 13.7 Å². The smallest absolute Gasteiger partial charge is 0.0665 e. The molecule has 2 rings (SSSR count). The highest BCUT2D eigenvalue weighted by Crippen LogP contribution is 2.35. The third kappa shape index (κ3) is 4.55. The first-order valence-electron chi connectivity index (χ1n) is 8.45. The monoisotopic (exact) mass is 289 g/mol. The van der Waals surface area contributed by atoms with Crippen LogP contribution in [0.4, 0.5) is 0 Å². The van der Waals surface area contributed by atoms with Gasteiger partial charge >= 0.3 is 0 Å². The normalized spacial score (nSPS) is 27.8. The van der Waals surface area contributed by atoms with Crippen molar-refractivity contribution < 1.29 is 4.74 Å². The van der Waals surface area contributed by atoms with Crippen molar-refractivity contribution in [3.8, 4) is 0 Å². The molecule has 0 spiro atoms. The fourth-order valence-corrected chi connectivity index (χ4v) is 3.56. The summed E-state index contributed by atoms with van der Waals surface area (Å²) in [5.41, 5.74) is 1.31. The van der Waals surface area contributed by atoms with Crippen molar-refractivity contribution in [2.45, 2.75) is 52.2 Å². The molecule has 1 fully saturated rings. The molecular formula is C19H31NO. The molecule has 4 atom stereocenters. The maximum atomic E-state index is 6.37. The van der Waals surface area contributed by atoms with Crippen LogP contribution in [-0.4, -0.2) is 19.8 Å². The van der Waals surface area contributed by atoms with Gasteiger partial charge in [0, 0.05) is 0 Å². The number of benzene rings is 1. The second-order valence-electron chi connectivity index (χ2n) is 6.95. The molecular weight excluding hydrogens is 258 g/mol. The zero-order chi connectivity index (χ0) is 15.2. The predicted molar refractivity (Wildman–Crippen MR) is 89.3 cm³/mol. The van der Waals surface area contributed by atoms with E-state index in [-0.39, 0.29) is 6.04 Å². The van der Waals surface area contributed by atoms with E-state index < -0.39 is 0 Å². The summed E-state index contributed by atoms with van der Waals surface area (Å²) in [5, 5.41) is 3.39. The molecule has 1 aromatic rings. The molecule has 1 aliphatic rings. The number of nitrogens with one attached hydrogen (secondary N) is 1. The molecule has 0 amide bonds. The van der Waals surface area contributed by atoms with E-state index in [0.717, 1.165) is 18.4 Å². The van der Waals surface area contributed by atoms with Crippen molar-refractivity contribution in [3.63, 3.8) is 0 Å². The molecule has 1 aliphatic carbocycles. The van der Waals surface area contributed by atoms with Gasteiger partial charge in [-0.3, -0.25) is 0 Å². The van der Waals surface area contributed by atoms with Crippen LogP contribution < -0.4 is 5.32 Å². The van der Waals surface area contributed by atoms with E-state index in [4.69, 9.17) is 4.74 Å². The summed E-state index contributed by atoms with van der Waals surface area (Å²) in [4.78, 5) is 0. The molecule has 118 valence electrons. The molecule has 0 heterocycles. The summed E-state index contributed by atoms with van der Waals surface area (Å²) in [5.74, 6) is 2.23. The van der Waals surface area contributed by atoms with Gasteiger partial charge in [-0.05, 0) is 43.2 Å². The second-order valence-corrected chi connectivity index (χ2v) is 6.95. The highest BCUT2D eigenvalue weighted by atomic mass is 16.5. The Labute approximate surface area is 130 Å². The number of rotatable bonds is 6. The SMILES string of the molecule is CNC(COC1CC(C)CCC1C(C)C)c1ccccc1. The fraction of sp³-hybridized carbons (Fsp3) is 0.684. The first kappa shape index (κ1) is 16.5. The summed E-state index contributed by atoms with van der Waals surface area (Å²) in [7, 11) is 2.02. The Hall–Kier alpha value is -0.860. The topological polar surface area (TPSA) is 21.3 Å². The Balaban J connectivity index is 1.95. The van der Waals surface area contributed by atoms with Crippen molar-refractivity contribution in [1.29, 1.82) is 0 Å². The molecule has 0 aromatic heterocycles. The second kappa shape index (κ2) is 7.95. The van der Waals surface area contributed by atoms with E-state index in [9.17, 15) is 0 Å². The number of hydrogen-bond donors (Lipinski definition) is 1. The number of likely N-dealkylation sites (N-methyl/N-ethyl adjacent to an activating group) is 1. The van der Waals surface area contributed by atoms with Crippen molar-refractivity contribution in [2.24, 2.45) is 17.8 Å². The maximum Gasteiger partial charge on any atom is 0.0665 e. The van der Waals surface area contributed by atoms with Crippen molar-refractivity contribution >= 4 is 0 Å². The Morgan fingerprint density at radius 3 is 2.52 bits per heavy atom. The first-order valence-corrected chi connectivity index (χ1v) is 8.45. The lowest BCUT2D eigenvalue weighted by Gasteiger charge is -2.37. The minimum Gasteiger partial charge on any atom is -0.376 e. The zero-order valence-corrected chi connectivity index (χ0v) is 14.0. The lowest BCUT2D eigenvalue weighted by atomic mass is 9.75. The molecule has 1 aromatic carbocycles. The van der Waals surface area contributed by atoms with E-state index in [0.29, 0.717) is 12.0 Å². The van der Waals surface area contributed by atoms with Gasteiger partial charge in [-0.25, -0.2) is 0 Å². The van der Waals surface area contributed by atoms with Crippen LogP contribution in [0.25, 0.3) is 0 Å². The van der Waals surface area contributed by atoms with Gasteiger partial charge in [0.2, 0.25) is 0 Å². The van der Waals surface area contributed by atoms with Crippen LogP contribution in [0.5, 0.6) is 0 Å². The van der Waals surface area contributed by atoms with E-state index in [1.807, 2.05) is 7.05 Å². The summed E-state index contributed by atoms with van der Waals surface area (Å²) in [6, 6.07) is 10.9. The summed E-state index contributed by atoms with van der Waals surface area (Å²) < 4.78 is 6.37. The van der Waals surface area contributed by atoms with Crippen LogP contribution in [0.2, 0.25) is 0 Å². The molecule has 4 unspecified atom stereocenters. The Kier molecular flexibility index (Phi) is 6.25. The van der Waals surface area contributed by atoms with Gasteiger partial charge in [0.15, 0.2) is 0 Å². The first-order chi connectivity index (χ1) is 10.1. The van der Waals surface area contributed by atoms with Gasteiger partial charge in [0.25, 0.3) is 0 Å². The molecule has 1 N–H and O–H groups in total. The standard InChI is InChI=1S/C19H31NO/c1-14(2)17-11-10-15(3)12-19(17)21-13-18(20-4)16-8-6-5-7-9-16/h5-9,14-15,17-20H,10-13H2,1-4H3. The third-order valence-corrected chi connectivity index (χ3v) is 4.99. The Morgan fingerprint density at radius 1 is 1.19 bits per heavy atom. The van der Waals surface area contributed by atoms with Gasteiger partial charge < -0.3 is 10.1 Å². The number of ether oxygens (including phenoxy) is 1. The molecule has 0 bridgehead atoms. The third-order valence-electron chi connectivity index (χ3n) is 4.99. The van der Waals surface area contributed by atoms with E-state index in [2.05, 4.69) is 56.4 Å². The maximum absolute atomic E-state index is 6.37. The van der Waals surface area contributed by atoms with E-state index >= 15 is 0 Å². The van der Waals surface area contributed by atoms with Crippen LogP contribution in [-0.2, 0) is 4.74 Å². The summed E-state index contributed by atoms with van der Waals surface area (Å²) in [6.07, 6.45) is 4.32. The highest BCUT2D eigenvalue weighted by Gasteiger charge is 2.31. The van der Waals surface area contributed by atoms with Crippen LogP contribution in [0, 0.1) is 17.8 Å². The molecule has 1 saturated carbocycles. The van der Waals surface area contributed by atoms with Crippen LogP contribution in [0.1, 0.15) is 51.6 Å². The van der Waals surface area contributed by atoms with Crippen LogP contribution >= 0.6 is 0 Å². The molecule has 0 saturated heterocycles. The van der Waals surface area contributed by atoms with Gasteiger partial charge in [0.1, 0.15) is 0 Å². The molecule has 2 nitrogen and oxygen atoms in total. The predicted octanol–water partition coefficient (Wildman–Crippen LogP) is 4.42. The van der Waals surface area contributed by atoms with Crippen LogP contribution in [0.15, 0.2) is 30.3 Å². The minimum atomic E-state index is 0.288. The van der Waals surface area contributed by atoms with Crippen LogP contribution in [0.3, 0.4) is 0 Å². The lowest BCUT2D eigenvalue weighted by Crippen LogP contribution is -2.36. The molecule has 2 heteroatoms. The van der Waals surface area contributed by atoms with Gasteiger partial charge in [-0.15, -0.1) is 0 Å². The lowest BCUT2D eigenvalue weighted by molar-refractivity contribution is -0.0456. The van der Waals surface area contributed by atoms with E-state index in [1.165, 1.54) is 24.8 Å². The van der Waals surface area contributed by atoms with E-state index in [1.54, 1.807) is 0 Å². The summed E-state index contributed by atoms with van der Waals surface area (Å²) >= 11 is 0. The zero-order valence-electron chi connectivity index (χ0n) is 14.0. The molecule has 0 radical (unpaired) electrons. The molecule has 21 heavy (non-hydrogen) atoms. The van der Waals surface area contributed by atoms with Gasteiger partial charge in [-0.2, -0.15) is 0 Å². The average Bonchev–Trinajstić information content (AvgIpc) is 2.48. The van der Waals surface area contributed by atoms with Gasteiger partial charge in [0.05, 0.1) is 18.8 Å². The highest BCUT2D eigenvalue weighted by molar-refractivity contribution is 5.18. The average molecular weight is 289 g/mol. The van der Waals surface area contributed by atoms with Gasteiger partial charge in [-0.1, -0.05) is 57.5 Å². The quantitative estimate of drug-likeness (QED) is 0.837. The minimum absolute atomic E-state index is 0.288. The largest absolute Gasteiger partial charge is 0.376 e. The Bertz CT molecular complexity index is 403. The summed E-state index contributed by atoms with van der Waals surface area (Å²) in [6.45, 7) is 7.80.